The van der Waals surface area contributed by atoms with Crippen LogP contribution >= 0.6 is 22.6 Å². The highest BCUT2D eigenvalue weighted by Crippen LogP contribution is 2.23. The van der Waals surface area contributed by atoms with E-state index in [1.54, 1.807) is 43.3 Å². The summed E-state index contributed by atoms with van der Waals surface area (Å²) in [5.74, 6) is -1.52. The lowest BCUT2D eigenvalue weighted by Crippen LogP contribution is -2.36. The van der Waals surface area contributed by atoms with Gasteiger partial charge in [-0.05, 0) is 65.9 Å². The Morgan fingerprint density at radius 2 is 1.90 bits per heavy atom. The van der Waals surface area contributed by atoms with Crippen LogP contribution in [-0.2, 0) is 14.4 Å². The molecule has 1 atom stereocenters. The number of nitrogens with zero attached hydrogens (tertiary/aromatic N) is 4. The molecule has 0 aliphatic carbocycles. The first-order valence-electron chi connectivity index (χ1n) is 8.90. The van der Waals surface area contributed by atoms with Crippen LogP contribution < -0.4 is 10.1 Å². The average Bonchev–Trinajstić information content (AvgIpc) is 3.01. The number of para-hydroxylation sites is 2. The average molecular weight is 519 g/mol. The van der Waals surface area contributed by atoms with Crippen molar-refractivity contribution in [3.63, 3.8) is 0 Å². The molecule has 3 amide bonds. The number of anilines is 1. The van der Waals surface area contributed by atoms with Crippen molar-refractivity contribution in [1.29, 1.82) is 0 Å². The zero-order chi connectivity index (χ0) is 21.7. The first kappa shape index (κ1) is 21.6. The van der Waals surface area contributed by atoms with Crippen molar-refractivity contribution < 1.29 is 19.1 Å². The molecule has 0 bridgehead atoms. The summed E-state index contributed by atoms with van der Waals surface area (Å²) in [6, 6.07) is 13.1. The van der Waals surface area contributed by atoms with Crippen LogP contribution in [0.3, 0.4) is 0 Å². The Labute approximate surface area is 186 Å². The van der Waals surface area contributed by atoms with E-state index in [4.69, 9.17) is 4.74 Å². The lowest BCUT2D eigenvalue weighted by molar-refractivity contribution is -0.144. The van der Waals surface area contributed by atoms with Gasteiger partial charge in [0, 0.05) is 3.57 Å². The molecule has 2 aromatic rings. The molecule has 0 fully saturated rings. The molecule has 2 aromatic carbocycles. The highest BCUT2D eigenvalue weighted by atomic mass is 127. The van der Waals surface area contributed by atoms with Gasteiger partial charge in [-0.25, -0.2) is 0 Å². The number of ether oxygens (including phenoxy) is 1. The molecular formula is C20H18IN5O4. The predicted octanol–water partition coefficient (Wildman–Crippen LogP) is 3.53. The van der Waals surface area contributed by atoms with Crippen molar-refractivity contribution in [3.8, 4) is 5.75 Å². The van der Waals surface area contributed by atoms with Gasteiger partial charge in [-0.1, -0.05) is 12.1 Å². The maximum Gasteiger partial charge on any atom is 0.282 e. The number of imide groups is 1. The summed E-state index contributed by atoms with van der Waals surface area (Å²) in [6.45, 7) is 1.58. The molecule has 1 heterocycles. The largest absolute Gasteiger partial charge is 0.495 e. The third-order valence-corrected chi connectivity index (χ3v) is 4.86. The maximum absolute atomic E-state index is 12.6. The van der Waals surface area contributed by atoms with Crippen LogP contribution in [0.15, 0.2) is 63.9 Å². The van der Waals surface area contributed by atoms with E-state index in [1.165, 1.54) is 7.11 Å². The molecule has 0 saturated carbocycles. The lowest BCUT2D eigenvalue weighted by Gasteiger charge is -2.12. The quantitative estimate of drug-likeness (QED) is 0.358. The number of rotatable bonds is 6. The number of hydrogen-bond acceptors (Lipinski definition) is 7. The molecule has 3 rings (SSSR count). The Hall–Kier alpha value is -3.15. The van der Waals surface area contributed by atoms with E-state index < -0.39 is 30.2 Å². The number of halogens is 1. The van der Waals surface area contributed by atoms with Crippen molar-refractivity contribution in [2.45, 2.75) is 19.4 Å². The summed E-state index contributed by atoms with van der Waals surface area (Å²) in [5.41, 5.74) is 1.33. The number of carbonyl (C=O) groups is 3. The van der Waals surface area contributed by atoms with Gasteiger partial charge in [0.15, 0.2) is 6.04 Å². The number of methoxy groups -OCH3 is 1. The van der Waals surface area contributed by atoms with Gasteiger partial charge < -0.3 is 10.1 Å². The molecular weight excluding hydrogens is 501 g/mol. The van der Waals surface area contributed by atoms with Gasteiger partial charge in [-0.15, -0.1) is 0 Å². The van der Waals surface area contributed by atoms with Gasteiger partial charge in [0.1, 0.15) is 12.2 Å². The molecule has 30 heavy (non-hydrogen) atoms. The molecule has 1 N–H and O–H groups in total. The van der Waals surface area contributed by atoms with E-state index in [0.717, 1.165) is 3.57 Å². The second-order valence-electron chi connectivity index (χ2n) is 6.30. The molecule has 10 heteroatoms. The van der Waals surface area contributed by atoms with Crippen LogP contribution in [0.2, 0.25) is 0 Å². The SMILES string of the molecule is COc1ccccc1NC(=O)CC(=O)N1N=C(C)[C@@H](N=Nc2ccc(I)cc2)C1=O. The van der Waals surface area contributed by atoms with E-state index in [-0.39, 0.29) is 0 Å². The molecule has 1 aliphatic heterocycles. The number of hydrazone groups is 1. The number of benzene rings is 2. The zero-order valence-electron chi connectivity index (χ0n) is 16.2. The lowest BCUT2D eigenvalue weighted by atomic mass is 10.2. The minimum Gasteiger partial charge on any atom is -0.495 e. The predicted molar refractivity (Wildman–Crippen MR) is 119 cm³/mol. The van der Waals surface area contributed by atoms with Crippen LogP contribution in [0.25, 0.3) is 0 Å². The fraction of sp³-hybridized carbons (Fsp3) is 0.200. The highest BCUT2D eigenvalue weighted by molar-refractivity contribution is 14.1. The minimum absolute atomic E-state index is 0.327. The van der Waals surface area contributed by atoms with Crippen molar-refractivity contribution in [1.82, 2.24) is 5.01 Å². The number of carbonyl (C=O) groups excluding carboxylic acids is 3. The highest BCUT2D eigenvalue weighted by Gasteiger charge is 2.38. The van der Waals surface area contributed by atoms with Crippen LogP contribution in [0.4, 0.5) is 11.4 Å². The standard InChI is InChI=1S/C20H18IN5O4/c1-12-19(24-23-14-9-7-13(21)8-10-14)20(29)26(25-12)18(28)11-17(27)22-15-5-3-4-6-16(15)30-2/h3-10,19H,11H2,1-2H3,(H,22,27)/t19-/m1/s1. The van der Waals surface area contributed by atoms with Gasteiger partial charge in [-0.2, -0.15) is 20.3 Å². The normalized spacial score (nSPS) is 16.0. The van der Waals surface area contributed by atoms with Crippen molar-refractivity contribution >= 4 is 57.4 Å². The number of nitrogens with one attached hydrogen (secondary N) is 1. The molecule has 0 unspecified atom stereocenters. The topological polar surface area (TPSA) is 113 Å². The smallest absolute Gasteiger partial charge is 0.282 e. The summed E-state index contributed by atoms with van der Waals surface area (Å²) >= 11 is 2.17. The molecule has 0 aromatic heterocycles. The molecule has 154 valence electrons. The molecule has 1 aliphatic rings. The zero-order valence-corrected chi connectivity index (χ0v) is 18.4. The number of hydrogen-bond donors (Lipinski definition) is 1. The van der Waals surface area contributed by atoms with Crippen LogP contribution in [0.5, 0.6) is 5.75 Å². The second-order valence-corrected chi connectivity index (χ2v) is 7.55. The number of amides is 3. The third-order valence-electron chi connectivity index (χ3n) is 4.14. The summed E-state index contributed by atoms with van der Waals surface area (Å²) < 4.78 is 6.20. The third kappa shape index (κ3) is 5.06. The molecule has 0 saturated heterocycles. The first-order valence-corrected chi connectivity index (χ1v) is 9.98. The van der Waals surface area contributed by atoms with E-state index >= 15 is 0 Å². The summed E-state index contributed by atoms with van der Waals surface area (Å²) in [5, 5.41) is 15.3. The first-order chi connectivity index (χ1) is 14.4. The summed E-state index contributed by atoms with van der Waals surface area (Å²) in [4.78, 5) is 37.2. The van der Waals surface area contributed by atoms with Crippen molar-refractivity contribution in [2.75, 3.05) is 12.4 Å². The Morgan fingerprint density at radius 3 is 2.60 bits per heavy atom. The van der Waals surface area contributed by atoms with E-state index in [2.05, 4.69) is 43.2 Å². The Morgan fingerprint density at radius 1 is 1.20 bits per heavy atom. The van der Waals surface area contributed by atoms with Crippen LogP contribution in [0, 0.1) is 3.57 Å². The summed E-state index contributed by atoms with van der Waals surface area (Å²) in [7, 11) is 1.47. The van der Waals surface area contributed by atoms with Crippen LogP contribution in [-0.4, -0.2) is 41.6 Å². The van der Waals surface area contributed by atoms with Crippen LogP contribution in [0.1, 0.15) is 13.3 Å². The molecule has 9 nitrogen and oxygen atoms in total. The Balaban J connectivity index is 1.63. The fourth-order valence-electron chi connectivity index (χ4n) is 2.65. The van der Waals surface area contributed by atoms with E-state index in [9.17, 15) is 14.4 Å². The summed E-state index contributed by atoms with van der Waals surface area (Å²) in [6.07, 6.45) is -0.554. The molecule has 0 radical (unpaired) electrons. The Bertz CT molecular complexity index is 1040. The number of azo groups is 1. The van der Waals surface area contributed by atoms with Gasteiger partial charge >= 0.3 is 0 Å². The van der Waals surface area contributed by atoms with E-state index in [1.807, 2.05) is 12.1 Å². The van der Waals surface area contributed by atoms with Crippen molar-refractivity contribution in [3.05, 3.63) is 52.1 Å². The Kier molecular flexibility index (Phi) is 6.87. The minimum atomic E-state index is -0.995. The van der Waals surface area contributed by atoms with Gasteiger partial charge in [0.25, 0.3) is 11.8 Å². The van der Waals surface area contributed by atoms with Gasteiger partial charge in [0.05, 0.1) is 24.2 Å². The van der Waals surface area contributed by atoms with E-state index in [0.29, 0.717) is 27.8 Å². The monoisotopic (exact) mass is 519 g/mol. The van der Waals surface area contributed by atoms with Gasteiger partial charge in [-0.3, -0.25) is 14.4 Å². The maximum atomic E-state index is 12.6. The molecule has 0 spiro atoms. The van der Waals surface area contributed by atoms with Crippen molar-refractivity contribution in [2.24, 2.45) is 15.3 Å². The van der Waals surface area contributed by atoms with Gasteiger partial charge in [0.2, 0.25) is 5.91 Å². The fourth-order valence-corrected chi connectivity index (χ4v) is 3.01. The second kappa shape index (κ2) is 9.57.